The van der Waals surface area contributed by atoms with Gasteiger partial charge in [0.15, 0.2) is 0 Å². The topological polar surface area (TPSA) is 78.6 Å². The predicted octanol–water partition coefficient (Wildman–Crippen LogP) is 1.37. The highest BCUT2D eigenvalue weighted by molar-refractivity contribution is 5.96. The first kappa shape index (κ1) is 14.7. The molecule has 20 heavy (non-hydrogen) atoms. The van der Waals surface area contributed by atoms with E-state index in [-0.39, 0.29) is 12.5 Å². The molecule has 0 aliphatic carbocycles. The van der Waals surface area contributed by atoms with Gasteiger partial charge in [-0.2, -0.15) is 0 Å². The maximum Gasteiger partial charge on any atom is 0.251 e. The number of nitrogens with two attached hydrogens (primary N) is 1. The zero-order valence-electron chi connectivity index (χ0n) is 11.9. The smallest absolute Gasteiger partial charge is 0.251 e. The van der Waals surface area contributed by atoms with Crippen molar-refractivity contribution in [3.05, 3.63) is 23.8 Å². The van der Waals surface area contributed by atoms with Crippen LogP contribution in [0.5, 0.6) is 0 Å². The minimum atomic E-state index is -0.0997. The zero-order chi connectivity index (χ0) is 14.5. The Kier molecular flexibility index (Phi) is 4.84. The summed E-state index contributed by atoms with van der Waals surface area (Å²) in [5, 5.41) is 11.6. The summed E-state index contributed by atoms with van der Waals surface area (Å²) >= 11 is 0. The number of benzene rings is 1. The fourth-order valence-corrected chi connectivity index (χ4v) is 2.86. The lowest BCUT2D eigenvalue weighted by Gasteiger charge is -2.28. The molecule has 110 valence electrons. The minimum absolute atomic E-state index is 0.0997. The molecule has 0 aromatic heterocycles. The molecule has 1 aliphatic heterocycles. The lowest BCUT2D eigenvalue weighted by atomic mass is 10.1. The average molecular weight is 277 g/mol. The monoisotopic (exact) mass is 277 g/mol. The van der Waals surface area contributed by atoms with Crippen molar-refractivity contribution in [2.75, 3.05) is 30.8 Å². The van der Waals surface area contributed by atoms with Crippen LogP contribution in [-0.2, 0) is 0 Å². The van der Waals surface area contributed by atoms with Crippen molar-refractivity contribution in [3.63, 3.8) is 0 Å². The van der Waals surface area contributed by atoms with E-state index in [0.29, 0.717) is 17.3 Å². The normalized spacial score (nSPS) is 18.3. The van der Waals surface area contributed by atoms with Crippen LogP contribution in [0.15, 0.2) is 18.2 Å². The third-order valence-electron chi connectivity index (χ3n) is 3.90. The SMILES string of the molecule is CNC(=O)c1ccc(N)c(N2CCCC2CCCO)c1. The molecule has 5 nitrogen and oxygen atoms in total. The maximum atomic E-state index is 11.7. The van der Waals surface area contributed by atoms with Gasteiger partial charge in [-0.1, -0.05) is 0 Å². The van der Waals surface area contributed by atoms with Crippen molar-refractivity contribution in [2.24, 2.45) is 0 Å². The van der Waals surface area contributed by atoms with Crippen molar-refractivity contribution >= 4 is 17.3 Å². The Bertz CT molecular complexity index is 476. The van der Waals surface area contributed by atoms with Crippen molar-refractivity contribution in [3.8, 4) is 0 Å². The number of aliphatic hydroxyl groups excluding tert-OH is 1. The second-order valence-electron chi connectivity index (χ2n) is 5.21. The largest absolute Gasteiger partial charge is 0.397 e. The third-order valence-corrected chi connectivity index (χ3v) is 3.90. The summed E-state index contributed by atoms with van der Waals surface area (Å²) < 4.78 is 0. The number of rotatable bonds is 5. The number of amides is 1. The van der Waals surface area contributed by atoms with Gasteiger partial charge in [0.1, 0.15) is 0 Å². The van der Waals surface area contributed by atoms with E-state index >= 15 is 0 Å². The molecule has 1 saturated heterocycles. The molecule has 4 N–H and O–H groups in total. The highest BCUT2D eigenvalue weighted by atomic mass is 16.2. The van der Waals surface area contributed by atoms with E-state index in [1.807, 2.05) is 6.07 Å². The van der Waals surface area contributed by atoms with E-state index < -0.39 is 0 Å². The second kappa shape index (κ2) is 6.61. The number of carbonyl (C=O) groups is 1. The van der Waals surface area contributed by atoms with E-state index in [2.05, 4.69) is 10.2 Å². The molecule has 1 aromatic carbocycles. The van der Waals surface area contributed by atoms with Crippen LogP contribution in [0, 0.1) is 0 Å². The molecule has 0 saturated carbocycles. The number of carbonyl (C=O) groups excluding carboxylic acids is 1. The predicted molar refractivity (Wildman–Crippen MR) is 80.9 cm³/mol. The number of aliphatic hydroxyl groups is 1. The fourth-order valence-electron chi connectivity index (χ4n) is 2.86. The van der Waals surface area contributed by atoms with Crippen LogP contribution in [0.4, 0.5) is 11.4 Å². The van der Waals surface area contributed by atoms with E-state index in [9.17, 15) is 4.79 Å². The average Bonchev–Trinajstić information content (AvgIpc) is 2.93. The molecule has 2 rings (SSSR count). The molecule has 0 spiro atoms. The molecule has 1 aromatic rings. The Morgan fingerprint density at radius 2 is 2.35 bits per heavy atom. The maximum absolute atomic E-state index is 11.7. The Balaban J connectivity index is 2.24. The Morgan fingerprint density at radius 1 is 1.55 bits per heavy atom. The van der Waals surface area contributed by atoms with Gasteiger partial charge >= 0.3 is 0 Å². The summed E-state index contributed by atoms with van der Waals surface area (Å²) in [5.41, 5.74) is 8.35. The molecule has 1 atom stereocenters. The number of hydrogen-bond acceptors (Lipinski definition) is 4. The molecule has 1 aliphatic rings. The van der Waals surface area contributed by atoms with Crippen molar-refractivity contribution in [2.45, 2.75) is 31.7 Å². The highest BCUT2D eigenvalue weighted by Gasteiger charge is 2.26. The van der Waals surface area contributed by atoms with Gasteiger partial charge in [0.2, 0.25) is 0 Å². The van der Waals surface area contributed by atoms with Gasteiger partial charge in [0, 0.05) is 31.8 Å². The summed E-state index contributed by atoms with van der Waals surface area (Å²) in [4.78, 5) is 14.0. The Hall–Kier alpha value is -1.75. The van der Waals surface area contributed by atoms with E-state index in [0.717, 1.165) is 37.9 Å². The van der Waals surface area contributed by atoms with Gasteiger partial charge in [-0.25, -0.2) is 0 Å². The molecular weight excluding hydrogens is 254 g/mol. The standard InChI is InChI=1S/C15H23N3O2/c1-17-15(20)11-6-7-13(16)14(10-11)18-8-2-4-12(18)5-3-9-19/h6-7,10,12,19H,2-5,8-9,16H2,1H3,(H,17,20). The number of nitrogens with one attached hydrogen (secondary N) is 1. The van der Waals surface area contributed by atoms with Crippen LogP contribution >= 0.6 is 0 Å². The first-order chi connectivity index (χ1) is 9.67. The summed E-state index contributed by atoms with van der Waals surface area (Å²) in [7, 11) is 1.62. The number of nitrogen functional groups attached to an aromatic ring is 1. The molecule has 0 bridgehead atoms. The van der Waals surface area contributed by atoms with Gasteiger partial charge < -0.3 is 21.1 Å². The van der Waals surface area contributed by atoms with Crippen LogP contribution in [-0.4, -0.2) is 37.3 Å². The van der Waals surface area contributed by atoms with E-state index in [1.54, 1.807) is 19.2 Å². The number of hydrogen-bond donors (Lipinski definition) is 3. The Labute approximate surface area is 119 Å². The Morgan fingerprint density at radius 3 is 3.05 bits per heavy atom. The van der Waals surface area contributed by atoms with Crippen molar-refractivity contribution in [1.82, 2.24) is 5.32 Å². The molecule has 1 amide bonds. The van der Waals surface area contributed by atoms with Gasteiger partial charge in [0.25, 0.3) is 5.91 Å². The van der Waals surface area contributed by atoms with Gasteiger partial charge in [-0.3, -0.25) is 4.79 Å². The first-order valence-corrected chi connectivity index (χ1v) is 7.16. The van der Waals surface area contributed by atoms with Crippen LogP contribution < -0.4 is 16.0 Å². The van der Waals surface area contributed by atoms with E-state index in [1.165, 1.54) is 0 Å². The number of nitrogens with zero attached hydrogens (tertiary/aromatic N) is 1. The molecule has 5 heteroatoms. The lowest BCUT2D eigenvalue weighted by molar-refractivity contribution is 0.0963. The highest BCUT2D eigenvalue weighted by Crippen LogP contribution is 2.33. The second-order valence-corrected chi connectivity index (χ2v) is 5.21. The van der Waals surface area contributed by atoms with Crippen LogP contribution in [0.2, 0.25) is 0 Å². The number of anilines is 2. The summed E-state index contributed by atoms with van der Waals surface area (Å²) in [6.45, 7) is 1.18. The fraction of sp³-hybridized carbons (Fsp3) is 0.533. The van der Waals surface area contributed by atoms with Gasteiger partial charge in [0.05, 0.1) is 11.4 Å². The van der Waals surface area contributed by atoms with Crippen molar-refractivity contribution < 1.29 is 9.90 Å². The molecular formula is C15H23N3O2. The summed E-state index contributed by atoms with van der Waals surface area (Å²) in [5.74, 6) is -0.0997. The third kappa shape index (κ3) is 3.04. The summed E-state index contributed by atoms with van der Waals surface area (Å²) in [6.07, 6.45) is 4.00. The molecule has 1 unspecified atom stereocenters. The van der Waals surface area contributed by atoms with Gasteiger partial charge in [-0.15, -0.1) is 0 Å². The summed E-state index contributed by atoms with van der Waals surface area (Å²) in [6, 6.07) is 5.81. The lowest BCUT2D eigenvalue weighted by Crippen LogP contribution is -2.30. The minimum Gasteiger partial charge on any atom is -0.397 e. The first-order valence-electron chi connectivity index (χ1n) is 7.16. The van der Waals surface area contributed by atoms with Crippen LogP contribution in [0.3, 0.4) is 0 Å². The van der Waals surface area contributed by atoms with Crippen molar-refractivity contribution in [1.29, 1.82) is 0 Å². The van der Waals surface area contributed by atoms with Crippen LogP contribution in [0.25, 0.3) is 0 Å². The zero-order valence-corrected chi connectivity index (χ0v) is 11.9. The molecule has 1 heterocycles. The van der Waals surface area contributed by atoms with Gasteiger partial charge in [-0.05, 0) is 43.9 Å². The quantitative estimate of drug-likeness (QED) is 0.710. The molecule has 1 fully saturated rings. The molecule has 0 radical (unpaired) electrons. The van der Waals surface area contributed by atoms with Crippen LogP contribution in [0.1, 0.15) is 36.0 Å². The van der Waals surface area contributed by atoms with E-state index in [4.69, 9.17) is 10.8 Å².